The standard InChI is InChI=1S/C23H24N2O2/c1-15-14-16(2)24-17(3)22(15)25-23(26)18(4)27-21-12-10-20(11-13-21)19-8-6-5-7-9-19/h5-14,18H,1-4H3,(H,25,26). The highest BCUT2D eigenvalue weighted by Gasteiger charge is 2.17. The van der Waals surface area contributed by atoms with Crippen molar-refractivity contribution >= 4 is 11.6 Å². The first-order valence-corrected chi connectivity index (χ1v) is 9.02. The van der Waals surface area contributed by atoms with Crippen molar-refractivity contribution in [3.8, 4) is 16.9 Å². The van der Waals surface area contributed by atoms with Gasteiger partial charge in [-0.1, -0.05) is 42.5 Å². The molecule has 4 nitrogen and oxygen atoms in total. The van der Waals surface area contributed by atoms with Gasteiger partial charge in [0, 0.05) is 5.69 Å². The molecule has 1 N–H and O–H groups in total. The number of amides is 1. The Bertz CT molecular complexity index is 911. The van der Waals surface area contributed by atoms with E-state index < -0.39 is 6.10 Å². The van der Waals surface area contributed by atoms with Crippen molar-refractivity contribution in [3.05, 3.63) is 77.6 Å². The summed E-state index contributed by atoms with van der Waals surface area (Å²) in [5, 5.41) is 2.94. The second-order valence-electron chi connectivity index (χ2n) is 6.68. The van der Waals surface area contributed by atoms with Crippen molar-refractivity contribution in [2.75, 3.05) is 5.32 Å². The number of carbonyl (C=O) groups excluding carboxylic acids is 1. The van der Waals surface area contributed by atoms with E-state index in [1.807, 2.05) is 69.3 Å². The number of nitrogens with one attached hydrogen (secondary N) is 1. The first kappa shape index (κ1) is 18.6. The number of rotatable bonds is 5. The van der Waals surface area contributed by atoms with Gasteiger partial charge in [0.05, 0.1) is 11.4 Å². The minimum absolute atomic E-state index is 0.195. The number of nitrogens with zero attached hydrogens (tertiary/aromatic N) is 1. The second kappa shape index (κ2) is 8.04. The van der Waals surface area contributed by atoms with Crippen LogP contribution < -0.4 is 10.1 Å². The summed E-state index contributed by atoms with van der Waals surface area (Å²) in [6.45, 7) is 7.54. The molecule has 0 saturated carbocycles. The fourth-order valence-electron chi connectivity index (χ4n) is 3.05. The number of ether oxygens (including phenoxy) is 1. The van der Waals surface area contributed by atoms with Crippen LogP contribution >= 0.6 is 0 Å². The summed E-state index contributed by atoms with van der Waals surface area (Å²) in [6, 6.07) is 19.8. The number of aromatic nitrogens is 1. The van der Waals surface area contributed by atoms with E-state index in [9.17, 15) is 4.79 Å². The number of aryl methyl sites for hydroxylation is 3. The third-order valence-electron chi connectivity index (χ3n) is 4.42. The Hall–Kier alpha value is -3.14. The summed E-state index contributed by atoms with van der Waals surface area (Å²) in [5.41, 5.74) is 5.74. The van der Waals surface area contributed by atoms with Gasteiger partial charge in [0.25, 0.3) is 5.91 Å². The first-order chi connectivity index (χ1) is 12.9. The minimum Gasteiger partial charge on any atom is -0.481 e. The zero-order valence-electron chi connectivity index (χ0n) is 16.1. The maximum atomic E-state index is 12.5. The Labute approximate surface area is 160 Å². The molecule has 0 fully saturated rings. The van der Waals surface area contributed by atoms with Crippen LogP contribution in [-0.4, -0.2) is 17.0 Å². The number of carbonyl (C=O) groups is 1. The smallest absolute Gasteiger partial charge is 0.265 e. The summed E-state index contributed by atoms with van der Waals surface area (Å²) in [5.74, 6) is 0.465. The average Bonchev–Trinajstić information content (AvgIpc) is 2.65. The third kappa shape index (κ3) is 4.53. The van der Waals surface area contributed by atoms with E-state index >= 15 is 0 Å². The summed E-state index contributed by atoms with van der Waals surface area (Å²) in [7, 11) is 0. The van der Waals surface area contributed by atoms with Crippen molar-refractivity contribution in [1.29, 1.82) is 0 Å². The molecule has 0 aliphatic heterocycles. The monoisotopic (exact) mass is 360 g/mol. The van der Waals surface area contributed by atoms with E-state index in [2.05, 4.69) is 22.4 Å². The predicted octanol–water partition coefficient (Wildman–Crippen LogP) is 5.08. The van der Waals surface area contributed by atoms with Gasteiger partial charge in [0.2, 0.25) is 0 Å². The van der Waals surface area contributed by atoms with Gasteiger partial charge in [-0.3, -0.25) is 9.78 Å². The van der Waals surface area contributed by atoms with Crippen molar-refractivity contribution in [3.63, 3.8) is 0 Å². The lowest BCUT2D eigenvalue weighted by atomic mass is 10.1. The Balaban J connectivity index is 1.66. The quantitative estimate of drug-likeness (QED) is 0.690. The van der Waals surface area contributed by atoms with E-state index in [0.717, 1.165) is 33.8 Å². The molecule has 138 valence electrons. The van der Waals surface area contributed by atoms with E-state index in [0.29, 0.717) is 5.75 Å². The van der Waals surface area contributed by atoms with E-state index in [4.69, 9.17) is 4.74 Å². The Morgan fingerprint density at radius 3 is 2.22 bits per heavy atom. The van der Waals surface area contributed by atoms with Crippen LogP contribution in [0.25, 0.3) is 11.1 Å². The van der Waals surface area contributed by atoms with Crippen molar-refractivity contribution < 1.29 is 9.53 Å². The highest BCUT2D eigenvalue weighted by atomic mass is 16.5. The van der Waals surface area contributed by atoms with Gasteiger partial charge in [-0.25, -0.2) is 0 Å². The summed E-state index contributed by atoms with van der Waals surface area (Å²) < 4.78 is 5.81. The van der Waals surface area contributed by atoms with Crippen molar-refractivity contribution in [2.45, 2.75) is 33.8 Å². The fraction of sp³-hybridized carbons (Fsp3) is 0.217. The molecule has 1 unspecified atom stereocenters. The molecule has 27 heavy (non-hydrogen) atoms. The van der Waals surface area contributed by atoms with Crippen LogP contribution in [0.5, 0.6) is 5.75 Å². The minimum atomic E-state index is -0.618. The largest absolute Gasteiger partial charge is 0.481 e. The Morgan fingerprint density at radius 2 is 1.59 bits per heavy atom. The number of pyridine rings is 1. The molecule has 2 aromatic carbocycles. The predicted molar refractivity (Wildman–Crippen MR) is 109 cm³/mol. The molecule has 0 aliphatic carbocycles. The van der Waals surface area contributed by atoms with Crippen LogP contribution in [0, 0.1) is 20.8 Å². The van der Waals surface area contributed by atoms with Gasteiger partial charge in [-0.15, -0.1) is 0 Å². The molecule has 1 heterocycles. The lowest BCUT2D eigenvalue weighted by molar-refractivity contribution is -0.122. The van der Waals surface area contributed by atoms with Crippen LogP contribution in [0.3, 0.4) is 0 Å². The fourth-order valence-corrected chi connectivity index (χ4v) is 3.05. The van der Waals surface area contributed by atoms with Crippen LogP contribution in [0.2, 0.25) is 0 Å². The van der Waals surface area contributed by atoms with Gasteiger partial charge < -0.3 is 10.1 Å². The van der Waals surface area contributed by atoms with Crippen LogP contribution in [0.15, 0.2) is 60.7 Å². The number of benzene rings is 2. The van der Waals surface area contributed by atoms with E-state index in [1.54, 1.807) is 6.92 Å². The molecular formula is C23H24N2O2. The molecule has 4 heteroatoms. The molecule has 0 spiro atoms. The molecule has 1 atom stereocenters. The maximum absolute atomic E-state index is 12.5. The van der Waals surface area contributed by atoms with Gasteiger partial charge in [0.1, 0.15) is 5.75 Å². The SMILES string of the molecule is Cc1cc(C)c(NC(=O)C(C)Oc2ccc(-c3ccccc3)cc2)c(C)n1. The van der Waals surface area contributed by atoms with E-state index in [-0.39, 0.29) is 5.91 Å². The van der Waals surface area contributed by atoms with E-state index in [1.165, 1.54) is 0 Å². The van der Waals surface area contributed by atoms with Crippen LogP contribution in [0.1, 0.15) is 23.9 Å². The number of hydrogen-bond acceptors (Lipinski definition) is 3. The van der Waals surface area contributed by atoms with Crippen LogP contribution in [-0.2, 0) is 4.79 Å². The zero-order valence-corrected chi connectivity index (χ0v) is 16.1. The Morgan fingerprint density at radius 1 is 0.963 bits per heavy atom. The number of hydrogen-bond donors (Lipinski definition) is 1. The summed E-state index contributed by atoms with van der Waals surface area (Å²) in [4.78, 5) is 16.9. The summed E-state index contributed by atoms with van der Waals surface area (Å²) >= 11 is 0. The first-order valence-electron chi connectivity index (χ1n) is 9.02. The van der Waals surface area contributed by atoms with Gasteiger partial charge in [-0.05, 0) is 62.6 Å². The number of anilines is 1. The molecule has 0 aliphatic rings. The molecule has 0 saturated heterocycles. The molecule has 1 aromatic heterocycles. The third-order valence-corrected chi connectivity index (χ3v) is 4.42. The van der Waals surface area contributed by atoms with Crippen molar-refractivity contribution in [1.82, 2.24) is 4.98 Å². The molecule has 3 aromatic rings. The molecular weight excluding hydrogens is 336 g/mol. The zero-order chi connectivity index (χ0) is 19.4. The highest BCUT2D eigenvalue weighted by Crippen LogP contribution is 2.23. The van der Waals surface area contributed by atoms with Gasteiger partial charge >= 0.3 is 0 Å². The molecule has 1 amide bonds. The lowest BCUT2D eigenvalue weighted by Gasteiger charge is -2.17. The highest BCUT2D eigenvalue weighted by molar-refractivity contribution is 5.95. The van der Waals surface area contributed by atoms with Gasteiger partial charge in [-0.2, -0.15) is 0 Å². The Kier molecular flexibility index (Phi) is 5.55. The van der Waals surface area contributed by atoms with Gasteiger partial charge in [0.15, 0.2) is 6.10 Å². The molecule has 0 bridgehead atoms. The topological polar surface area (TPSA) is 51.2 Å². The normalized spacial score (nSPS) is 11.7. The average molecular weight is 360 g/mol. The van der Waals surface area contributed by atoms with Crippen LogP contribution in [0.4, 0.5) is 5.69 Å². The molecule has 0 radical (unpaired) electrons. The second-order valence-corrected chi connectivity index (χ2v) is 6.68. The van der Waals surface area contributed by atoms with Crippen molar-refractivity contribution in [2.24, 2.45) is 0 Å². The maximum Gasteiger partial charge on any atom is 0.265 e. The summed E-state index contributed by atoms with van der Waals surface area (Å²) in [6.07, 6.45) is -0.618. The molecule has 3 rings (SSSR count). The lowest BCUT2D eigenvalue weighted by Crippen LogP contribution is -2.30.